The Labute approximate surface area is 185 Å². The van der Waals surface area contributed by atoms with Gasteiger partial charge in [-0.1, -0.05) is 23.8 Å². The second kappa shape index (κ2) is 10.4. The number of pyridine rings is 1. The van der Waals surface area contributed by atoms with Gasteiger partial charge in [0.25, 0.3) is 10.0 Å². The summed E-state index contributed by atoms with van der Waals surface area (Å²) in [5.74, 6) is -0.363. The van der Waals surface area contributed by atoms with Crippen LogP contribution in [-0.2, 0) is 14.8 Å². The topological polar surface area (TPSA) is 79.4 Å². The van der Waals surface area contributed by atoms with Crippen molar-refractivity contribution >= 4 is 33.4 Å². The molecule has 0 radical (unpaired) electrons. The van der Waals surface area contributed by atoms with Crippen LogP contribution in [0, 0.1) is 12.7 Å². The minimum atomic E-state index is -4.02. The molecule has 0 fully saturated rings. The summed E-state index contributed by atoms with van der Waals surface area (Å²) >= 11 is 1.48. The maximum Gasteiger partial charge on any atom is 0.264 e. The number of aryl methyl sites for hydroxylation is 1. The molecule has 9 heteroatoms. The molecule has 0 atom stereocenters. The number of nitrogens with one attached hydrogen (secondary N) is 1. The SMILES string of the molecule is Cc1ccc(S(=O)(=O)N(CC(=O)NCCSc2ccccn2)c2ccc(F)cc2)cc1. The van der Waals surface area contributed by atoms with Crippen LogP contribution in [0.25, 0.3) is 0 Å². The number of amides is 1. The van der Waals surface area contributed by atoms with E-state index in [-0.39, 0.29) is 10.6 Å². The van der Waals surface area contributed by atoms with E-state index in [4.69, 9.17) is 0 Å². The van der Waals surface area contributed by atoms with Gasteiger partial charge in [0.1, 0.15) is 12.4 Å². The highest BCUT2D eigenvalue weighted by Crippen LogP contribution is 2.24. The Balaban J connectivity index is 1.71. The second-order valence-corrected chi connectivity index (χ2v) is 9.65. The normalized spacial score (nSPS) is 11.2. The lowest BCUT2D eigenvalue weighted by molar-refractivity contribution is -0.119. The summed E-state index contributed by atoms with van der Waals surface area (Å²) in [4.78, 5) is 16.8. The molecule has 0 saturated heterocycles. The lowest BCUT2D eigenvalue weighted by Gasteiger charge is -2.24. The molecule has 6 nitrogen and oxygen atoms in total. The molecular weight excluding hydrogens is 437 g/mol. The van der Waals surface area contributed by atoms with Crippen LogP contribution in [0.4, 0.5) is 10.1 Å². The van der Waals surface area contributed by atoms with Crippen molar-refractivity contribution in [1.82, 2.24) is 10.3 Å². The first-order valence-electron chi connectivity index (χ1n) is 9.52. The van der Waals surface area contributed by atoms with Crippen molar-refractivity contribution in [1.29, 1.82) is 0 Å². The number of hydrogen-bond acceptors (Lipinski definition) is 5. The number of carbonyl (C=O) groups excluding carboxylic acids is 1. The van der Waals surface area contributed by atoms with Crippen molar-refractivity contribution in [2.45, 2.75) is 16.8 Å². The number of aromatic nitrogens is 1. The zero-order chi connectivity index (χ0) is 22.3. The van der Waals surface area contributed by atoms with E-state index >= 15 is 0 Å². The van der Waals surface area contributed by atoms with Crippen LogP contribution in [0.2, 0.25) is 0 Å². The molecule has 0 bridgehead atoms. The number of nitrogens with zero attached hydrogens (tertiary/aromatic N) is 2. The van der Waals surface area contributed by atoms with Gasteiger partial charge in [0.2, 0.25) is 5.91 Å². The van der Waals surface area contributed by atoms with Gasteiger partial charge in [0.05, 0.1) is 15.6 Å². The number of rotatable bonds is 9. The van der Waals surface area contributed by atoms with Crippen molar-refractivity contribution in [3.63, 3.8) is 0 Å². The quantitative estimate of drug-likeness (QED) is 0.390. The minimum absolute atomic E-state index is 0.0564. The molecule has 0 aliphatic heterocycles. The Morgan fingerprint density at radius 3 is 2.42 bits per heavy atom. The summed E-state index contributed by atoms with van der Waals surface area (Å²) in [5.41, 5.74) is 1.12. The molecule has 1 amide bonds. The summed E-state index contributed by atoms with van der Waals surface area (Å²) in [6.07, 6.45) is 1.69. The van der Waals surface area contributed by atoms with E-state index in [9.17, 15) is 17.6 Å². The molecule has 0 aliphatic carbocycles. The molecule has 0 unspecified atom stereocenters. The lowest BCUT2D eigenvalue weighted by Crippen LogP contribution is -2.41. The van der Waals surface area contributed by atoms with Crippen LogP contribution in [-0.4, -0.2) is 38.2 Å². The zero-order valence-electron chi connectivity index (χ0n) is 16.9. The molecule has 2 aromatic carbocycles. The maximum atomic E-state index is 13.4. The molecule has 31 heavy (non-hydrogen) atoms. The van der Waals surface area contributed by atoms with E-state index in [2.05, 4.69) is 10.3 Å². The van der Waals surface area contributed by atoms with E-state index < -0.39 is 28.3 Å². The minimum Gasteiger partial charge on any atom is -0.354 e. The van der Waals surface area contributed by atoms with Crippen LogP contribution >= 0.6 is 11.8 Å². The number of hydrogen-bond donors (Lipinski definition) is 1. The van der Waals surface area contributed by atoms with Crippen LogP contribution in [0.15, 0.2) is 82.8 Å². The van der Waals surface area contributed by atoms with E-state index in [1.54, 1.807) is 18.3 Å². The molecule has 1 aromatic heterocycles. The number of carbonyl (C=O) groups is 1. The molecule has 0 aliphatic rings. The van der Waals surface area contributed by atoms with Gasteiger partial charge in [0.15, 0.2) is 0 Å². The van der Waals surface area contributed by atoms with E-state index in [1.165, 1.54) is 36.0 Å². The average molecular weight is 460 g/mol. The van der Waals surface area contributed by atoms with Gasteiger partial charge in [-0.3, -0.25) is 9.10 Å². The fraction of sp³-hybridized carbons (Fsp3) is 0.182. The summed E-state index contributed by atoms with van der Waals surface area (Å²) < 4.78 is 40.8. The smallest absolute Gasteiger partial charge is 0.264 e. The van der Waals surface area contributed by atoms with E-state index in [0.717, 1.165) is 27.0 Å². The average Bonchev–Trinajstić information content (AvgIpc) is 2.77. The summed E-state index contributed by atoms with van der Waals surface area (Å²) in [5, 5.41) is 3.57. The summed E-state index contributed by atoms with van der Waals surface area (Å²) in [6, 6.07) is 16.9. The van der Waals surface area contributed by atoms with Crippen molar-refractivity contribution in [3.8, 4) is 0 Å². The largest absolute Gasteiger partial charge is 0.354 e. The molecule has 0 saturated carbocycles. The highest BCUT2D eigenvalue weighted by Gasteiger charge is 2.27. The highest BCUT2D eigenvalue weighted by atomic mass is 32.2. The molecule has 3 aromatic rings. The Bertz CT molecular complexity index is 1110. The fourth-order valence-corrected chi connectivity index (χ4v) is 4.87. The maximum absolute atomic E-state index is 13.4. The zero-order valence-corrected chi connectivity index (χ0v) is 18.5. The number of halogens is 1. The van der Waals surface area contributed by atoms with Gasteiger partial charge >= 0.3 is 0 Å². The first-order valence-corrected chi connectivity index (χ1v) is 11.9. The van der Waals surface area contributed by atoms with Crippen molar-refractivity contribution in [3.05, 3.63) is 84.3 Å². The van der Waals surface area contributed by atoms with E-state index in [1.807, 2.05) is 25.1 Å². The Hall–Kier alpha value is -2.91. The number of anilines is 1. The monoisotopic (exact) mass is 459 g/mol. The van der Waals surface area contributed by atoms with Gasteiger partial charge in [-0.05, 0) is 55.5 Å². The Morgan fingerprint density at radius 1 is 1.06 bits per heavy atom. The van der Waals surface area contributed by atoms with Crippen LogP contribution < -0.4 is 9.62 Å². The van der Waals surface area contributed by atoms with Gasteiger partial charge in [-0.25, -0.2) is 17.8 Å². The molecule has 1 N–H and O–H groups in total. The van der Waals surface area contributed by atoms with Crippen molar-refractivity contribution in [2.75, 3.05) is 23.1 Å². The molecular formula is C22H22FN3O3S2. The van der Waals surface area contributed by atoms with Crippen molar-refractivity contribution < 1.29 is 17.6 Å². The standard InChI is InChI=1S/C22H22FN3O3S2/c1-17-5-11-20(12-6-17)31(28,29)26(19-9-7-18(23)8-10-19)16-21(27)24-14-15-30-22-4-2-3-13-25-22/h2-13H,14-16H2,1H3,(H,24,27). The molecule has 0 spiro atoms. The first-order chi connectivity index (χ1) is 14.9. The highest BCUT2D eigenvalue weighted by molar-refractivity contribution is 7.99. The van der Waals surface area contributed by atoms with Crippen LogP contribution in [0.3, 0.4) is 0 Å². The Morgan fingerprint density at radius 2 is 1.77 bits per heavy atom. The summed E-state index contributed by atoms with van der Waals surface area (Å²) in [6.45, 7) is 1.78. The number of sulfonamides is 1. The molecule has 162 valence electrons. The summed E-state index contributed by atoms with van der Waals surface area (Å²) in [7, 11) is -4.02. The number of benzene rings is 2. The first kappa shape index (κ1) is 22.8. The lowest BCUT2D eigenvalue weighted by atomic mass is 10.2. The van der Waals surface area contributed by atoms with Gasteiger partial charge in [0, 0.05) is 18.5 Å². The van der Waals surface area contributed by atoms with Crippen molar-refractivity contribution in [2.24, 2.45) is 0 Å². The molecule has 3 rings (SSSR count). The van der Waals surface area contributed by atoms with Gasteiger partial charge in [-0.15, -0.1) is 11.8 Å². The third-order valence-corrected chi connectivity index (χ3v) is 7.06. The number of thioether (sulfide) groups is 1. The second-order valence-electron chi connectivity index (χ2n) is 6.67. The Kier molecular flexibility index (Phi) is 7.64. The fourth-order valence-electron chi connectivity index (χ4n) is 2.72. The van der Waals surface area contributed by atoms with Gasteiger partial charge in [-0.2, -0.15) is 0 Å². The predicted molar refractivity (Wildman–Crippen MR) is 120 cm³/mol. The third kappa shape index (κ3) is 6.28. The van der Waals surface area contributed by atoms with Crippen LogP contribution in [0.5, 0.6) is 0 Å². The molecule has 1 heterocycles. The van der Waals surface area contributed by atoms with Crippen LogP contribution in [0.1, 0.15) is 5.56 Å². The third-order valence-electron chi connectivity index (χ3n) is 4.32. The predicted octanol–water partition coefficient (Wildman–Crippen LogP) is 3.63. The van der Waals surface area contributed by atoms with E-state index in [0.29, 0.717) is 12.3 Å². The van der Waals surface area contributed by atoms with Gasteiger partial charge < -0.3 is 5.32 Å².